The number of nitrogens with two attached hydrogens (primary N) is 1. The van der Waals surface area contributed by atoms with Crippen LogP contribution in [0.2, 0.25) is 0 Å². The van der Waals surface area contributed by atoms with Gasteiger partial charge in [0.15, 0.2) is 0 Å². The summed E-state index contributed by atoms with van der Waals surface area (Å²) >= 11 is 0. The van der Waals surface area contributed by atoms with Crippen LogP contribution in [0.1, 0.15) is 6.42 Å². The number of piperazine rings is 1. The summed E-state index contributed by atoms with van der Waals surface area (Å²) in [6, 6.07) is -1.35. The highest BCUT2D eigenvalue weighted by Gasteiger charge is 2.40. The number of primary amides is 1. The Morgan fingerprint density at radius 2 is 2.17 bits per heavy atom. The maximum Gasteiger partial charge on any atom is 0.242 e. The summed E-state index contributed by atoms with van der Waals surface area (Å²) in [6.07, 6.45) is -0.565. The minimum absolute atomic E-state index is 0.0635. The van der Waals surface area contributed by atoms with E-state index in [1.165, 1.54) is 4.90 Å². The molecular weight excluding hydrogens is 240 g/mol. The molecule has 0 aromatic rings. The number of aliphatic hydroxyl groups excluding tert-OH is 1. The van der Waals surface area contributed by atoms with Crippen molar-refractivity contribution in [2.45, 2.75) is 24.6 Å². The van der Waals surface area contributed by atoms with Gasteiger partial charge in [0.25, 0.3) is 0 Å². The summed E-state index contributed by atoms with van der Waals surface area (Å²) in [7, 11) is 0. The van der Waals surface area contributed by atoms with E-state index >= 15 is 0 Å². The molecule has 18 heavy (non-hydrogen) atoms. The Kier molecular flexibility index (Phi) is 3.48. The normalized spacial score (nSPS) is 32.2. The Hall–Kier alpha value is -1.67. The summed E-state index contributed by atoms with van der Waals surface area (Å²) in [6.45, 7) is 0.336. The van der Waals surface area contributed by atoms with Crippen LogP contribution in [0.3, 0.4) is 0 Å². The van der Waals surface area contributed by atoms with Gasteiger partial charge in [0.2, 0.25) is 17.7 Å². The molecule has 0 radical (unpaired) electrons. The number of carbonyl (C=O) groups excluding carboxylic acids is 3. The lowest BCUT2D eigenvalue weighted by atomic mass is 10.1. The van der Waals surface area contributed by atoms with Crippen molar-refractivity contribution >= 4 is 17.7 Å². The smallest absolute Gasteiger partial charge is 0.242 e. The molecule has 0 spiro atoms. The topological polar surface area (TPSA) is 125 Å². The molecule has 3 amide bonds. The number of nitrogens with one attached hydrogen (secondary N) is 2. The number of hydrogen-bond acceptors (Lipinski definition) is 5. The van der Waals surface area contributed by atoms with Crippen molar-refractivity contribution in [3.8, 4) is 0 Å². The van der Waals surface area contributed by atoms with E-state index in [-0.39, 0.29) is 37.9 Å². The van der Waals surface area contributed by atoms with Crippen molar-refractivity contribution in [2.75, 3.05) is 19.6 Å². The first kappa shape index (κ1) is 12.8. The average molecular weight is 256 g/mol. The number of hydrogen-bond donors (Lipinski definition) is 4. The number of rotatable bonds is 2. The largest absolute Gasteiger partial charge is 0.391 e. The fraction of sp³-hybridized carbons (Fsp3) is 0.700. The molecule has 0 aliphatic carbocycles. The molecule has 0 aromatic heterocycles. The number of nitrogens with zero attached hydrogens (tertiary/aromatic N) is 1. The van der Waals surface area contributed by atoms with Crippen molar-refractivity contribution in [3.05, 3.63) is 0 Å². The maximum absolute atomic E-state index is 12.2. The fourth-order valence-electron chi connectivity index (χ4n) is 2.27. The van der Waals surface area contributed by atoms with E-state index in [1.54, 1.807) is 0 Å². The second-order valence-corrected chi connectivity index (χ2v) is 4.54. The summed E-state index contributed by atoms with van der Waals surface area (Å²) in [5.41, 5.74) is 5.21. The molecule has 100 valence electrons. The molecule has 2 heterocycles. The van der Waals surface area contributed by atoms with Gasteiger partial charge in [-0.3, -0.25) is 19.7 Å². The van der Waals surface area contributed by atoms with Crippen LogP contribution < -0.4 is 16.4 Å². The van der Waals surface area contributed by atoms with Gasteiger partial charge in [-0.1, -0.05) is 0 Å². The van der Waals surface area contributed by atoms with E-state index in [1.807, 2.05) is 0 Å². The lowest BCUT2D eigenvalue weighted by molar-refractivity contribution is -0.140. The van der Waals surface area contributed by atoms with Crippen molar-refractivity contribution in [1.29, 1.82) is 0 Å². The second-order valence-electron chi connectivity index (χ2n) is 4.54. The molecule has 2 fully saturated rings. The van der Waals surface area contributed by atoms with Gasteiger partial charge in [-0.25, -0.2) is 0 Å². The summed E-state index contributed by atoms with van der Waals surface area (Å²) in [5, 5.41) is 14.9. The van der Waals surface area contributed by atoms with Crippen molar-refractivity contribution < 1.29 is 19.5 Å². The van der Waals surface area contributed by atoms with Crippen LogP contribution in [0.25, 0.3) is 0 Å². The maximum atomic E-state index is 12.2. The number of β-amino-alcohol motifs (C(OH)–C–C–N with tert-alkyl or cyclic N) is 1. The Bertz CT molecular complexity index is 376. The average Bonchev–Trinajstić information content (AvgIpc) is 2.71. The first-order chi connectivity index (χ1) is 8.49. The molecule has 0 bridgehead atoms. The molecule has 2 aliphatic rings. The zero-order chi connectivity index (χ0) is 13.3. The van der Waals surface area contributed by atoms with Crippen LogP contribution in [0, 0.1) is 0 Å². The quantitative estimate of drug-likeness (QED) is 0.408. The van der Waals surface area contributed by atoms with Gasteiger partial charge in [-0.15, -0.1) is 0 Å². The molecule has 0 aromatic carbocycles. The molecule has 8 nitrogen and oxygen atoms in total. The van der Waals surface area contributed by atoms with E-state index in [0.717, 1.165) is 0 Å². The van der Waals surface area contributed by atoms with E-state index in [0.29, 0.717) is 0 Å². The molecule has 2 aliphatic heterocycles. The zero-order valence-electron chi connectivity index (χ0n) is 9.76. The highest BCUT2D eigenvalue weighted by molar-refractivity contribution is 5.91. The minimum Gasteiger partial charge on any atom is -0.391 e. The number of amides is 3. The van der Waals surface area contributed by atoms with Crippen LogP contribution >= 0.6 is 0 Å². The molecule has 8 heteroatoms. The second kappa shape index (κ2) is 4.91. The van der Waals surface area contributed by atoms with Crippen molar-refractivity contribution in [3.63, 3.8) is 0 Å². The predicted octanol–water partition coefficient (Wildman–Crippen LogP) is -3.48. The van der Waals surface area contributed by atoms with E-state index in [9.17, 15) is 19.5 Å². The first-order valence-corrected chi connectivity index (χ1v) is 5.77. The van der Waals surface area contributed by atoms with Crippen molar-refractivity contribution in [2.24, 2.45) is 5.73 Å². The van der Waals surface area contributed by atoms with Crippen molar-refractivity contribution in [1.82, 2.24) is 15.5 Å². The van der Waals surface area contributed by atoms with Gasteiger partial charge in [0.1, 0.15) is 12.1 Å². The molecule has 2 saturated heterocycles. The van der Waals surface area contributed by atoms with Gasteiger partial charge >= 0.3 is 0 Å². The molecule has 2 rings (SSSR count). The molecule has 0 saturated carbocycles. The van der Waals surface area contributed by atoms with Gasteiger partial charge in [0.05, 0.1) is 12.6 Å². The van der Waals surface area contributed by atoms with Crippen LogP contribution in [-0.4, -0.2) is 65.5 Å². The Morgan fingerprint density at radius 1 is 1.44 bits per heavy atom. The highest BCUT2D eigenvalue weighted by atomic mass is 16.3. The number of likely N-dealkylation sites (tertiary alicyclic amines) is 1. The fourth-order valence-corrected chi connectivity index (χ4v) is 2.27. The third-order valence-electron chi connectivity index (χ3n) is 3.20. The van der Waals surface area contributed by atoms with Gasteiger partial charge < -0.3 is 21.1 Å². The lowest BCUT2D eigenvalue weighted by Gasteiger charge is -2.29. The first-order valence-electron chi connectivity index (χ1n) is 5.77. The van der Waals surface area contributed by atoms with Gasteiger partial charge in [-0.2, -0.15) is 0 Å². The standard InChI is InChI=1S/C10H16N4O4/c11-9(17)7-1-5(15)4-14(7)10(18)6-2-13-8(16)3-12-6/h5-7,12,15H,1-4H2,(H2,11,17)(H,13,16). The Morgan fingerprint density at radius 3 is 2.72 bits per heavy atom. The molecular formula is C10H16N4O4. The third-order valence-corrected chi connectivity index (χ3v) is 3.20. The van der Waals surface area contributed by atoms with Gasteiger partial charge in [0, 0.05) is 19.5 Å². The number of aliphatic hydroxyl groups is 1. The minimum atomic E-state index is -0.771. The highest BCUT2D eigenvalue weighted by Crippen LogP contribution is 2.18. The van der Waals surface area contributed by atoms with E-state index in [2.05, 4.69) is 10.6 Å². The van der Waals surface area contributed by atoms with Crippen LogP contribution in [0.5, 0.6) is 0 Å². The molecule has 5 N–H and O–H groups in total. The summed E-state index contributed by atoms with van der Waals surface area (Å²) in [4.78, 5) is 35.6. The SMILES string of the molecule is NC(=O)C1CC(O)CN1C(=O)C1CNC(=O)CN1. The monoisotopic (exact) mass is 256 g/mol. The molecule has 3 atom stereocenters. The Labute approximate surface area is 103 Å². The summed E-state index contributed by atoms with van der Waals surface area (Å²) < 4.78 is 0. The van der Waals surface area contributed by atoms with E-state index in [4.69, 9.17) is 5.73 Å². The number of carbonyl (C=O) groups is 3. The zero-order valence-corrected chi connectivity index (χ0v) is 9.76. The van der Waals surface area contributed by atoms with Gasteiger partial charge in [-0.05, 0) is 0 Å². The summed E-state index contributed by atoms with van der Waals surface area (Å²) in [5.74, 6) is -1.12. The van der Waals surface area contributed by atoms with Crippen LogP contribution in [-0.2, 0) is 14.4 Å². The Balaban J connectivity index is 2.03. The van der Waals surface area contributed by atoms with Crippen LogP contribution in [0.15, 0.2) is 0 Å². The van der Waals surface area contributed by atoms with E-state index < -0.39 is 24.1 Å². The molecule has 3 unspecified atom stereocenters. The third kappa shape index (κ3) is 2.44. The lowest BCUT2D eigenvalue weighted by Crippen LogP contribution is -2.60. The predicted molar refractivity (Wildman–Crippen MR) is 60.1 cm³/mol. The van der Waals surface area contributed by atoms with Crippen LogP contribution in [0.4, 0.5) is 0 Å².